The highest BCUT2D eigenvalue weighted by atomic mass is 16.6. The summed E-state index contributed by atoms with van der Waals surface area (Å²) in [5.41, 5.74) is 1.48. The summed E-state index contributed by atoms with van der Waals surface area (Å²) >= 11 is 0. The van der Waals surface area contributed by atoms with Gasteiger partial charge in [0.2, 0.25) is 0 Å². The predicted molar refractivity (Wildman–Crippen MR) is 82.5 cm³/mol. The topological polar surface area (TPSA) is 74.4 Å². The predicted octanol–water partition coefficient (Wildman–Crippen LogP) is 3.33. The number of aromatic amines is 1. The molecule has 21 heavy (non-hydrogen) atoms. The van der Waals surface area contributed by atoms with Crippen LogP contribution in [0, 0.1) is 0 Å². The minimum Gasteiger partial charge on any atom is -0.508 e. The van der Waals surface area contributed by atoms with Crippen molar-refractivity contribution in [3.63, 3.8) is 0 Å². The van der Waals surface area contributed by atoms with Crippen LogP contribution in [-0.2, 0) is 11.2 Å². The summed E-state index contributed by atoms with van der Waals surface area (Å²) in [5.74, 6) is 0.232. The van der Waals surface area contributed by atoms with Gasteiger partial charge in [-0.05, 0) is 51.8 Å². The average molecular weight is 290 g/mol. The molecule has 0 radical (unpaired) electrons. The van der Waals surface area contributed by atoms with Gasteiger partial charge in [0.05, 0.1) is 0 Å². The monoisotopic (exact) mass is 290 g/mol. The molecule has 1 aromatic carbocycles. The number of hydrogen-bond acceptors (Lipinski definition) is 3. The van der Waals surface area contributed by atoms with E-state index < -0.39 is 11.7 Å². The standard InChI is InChI=1S/C16H22N2O3/c1-10(18-15(20)21-16(2,3)4)7-11-9-17-14-8-12(19)5-6-13(11)14/h5-6,8-10,17,19H,7H2,1-4H3,(H,18,20). The largest absolute Gasteiger partial charge is 0.508 e. The Hall–Kier alpha value is -2.17. The number of carbonyl (C=O) groups is 1. The number of nitrogens with one attached hydrogen (secondary N) is 2. The molecule has 3 N–H and O–H groups in total. The number of rotatable bonds is 3. The van der Waals surface area contributed by atoms with Crippen LogP contribution in [0.5, 0.6) is 5.75 Å². The van der Waals surface area contributed by atoms with Crippen LogP contribution in [0.3, 0.4) is 0 Å². The second kappa shape index (κ2) is 5.68. The maximum absolute atomic E-state index is 11.7. The van der Waals surface area contributed by atoms with Crippen LogP contribution < -0.4 is 5.32 Å². The van der Waals surface area contributed by atoms with E-state index in [-0.39, 0.29) is 11.8 Å². The maximum atomic E-state index is 11.7. The highest BCUT2D eigenvalue weighted by Gasteiger charge is 2.18. The lowest BCUT2D eigenvalue weighted by molar-refractivity contribution is 0.0508. The molecule has 0 saturated heterocycles. The van der Waals surface area contributed by atoms with Gasteiger partial charge in [0, 0.05) is 29.2 Å². The van der Waals surface area contributed by atoms with E-state index in [0.29, 0.717) is 6.42 Å². The minimum absolute atomic E-state index is 0.0485. The molecule has 1 amide bonds. The Balaban J connectivity index is 2.01. The molecule has 0 saturated carbocycles. The first-order valence-electron chi connectivity index (χ1n) is 7.03. The van der Waals surface area contributed by atoms with E-state index in [1.54, 1.807) is 12.1 Å². The van der Waals surface area contributed by atoms with E-state index in [2.05, 4.69) is 10.3 Å². The first-order chi connectivity index (χ1) is 9.74. The second-order valence-electron chi connectivity index (χ2n) is 6.30. The Morgan fingerprint density at radius 3 is 2.81 bits per heavy atom. The van der Waals surface area contributed by atoms with Gasteiger partial charge in [-0.3, -0.25) is 0 Å². The maximum Gasteiger partial charge on any atom is 0.407 e. The highest BCUT2D eigenvalue weighted by Crippen LogP contribution is 2.23. The van der Waals surface area contributed by atoms with Gasteiger partial charge in [0.15, 0.2) is 0 Å². The van der Waals surface area contributed by atoms with Crippen LogP contribution in [-0.4, -0.2) is 27.8 Å². The minimum atomic E-state index is -0.498. The van der Waals surface area contributed by atoms with Crippen molar-refractivity contribution in [2.45, 2.75) is 45.8 Å². The molecule has 0 aliphatic heterocycles. The van der Waals surface area contributed by atoms with Gasteiger partial charge in [0.25, 0.3) is 0 Å². The number of H-pyrrole nitrogens is 1. The number of hydrogen-bond donors (Lipinski definition) is 3. The first-order valence-corrected chi connectivity index (χ1v) is 7.03. The number of phenols is 1. The van der Waals surface area contributed by atoms with Crippen molar-refractivity contribution in [2.75, 3.05) is 0 Å². The zero-order chi connectivity index (χ0) is 15.6. The average Bonchev–Trinajstić information content (AvgIpc) is 2.68. The number of aromatic hydroxyl groups is 1. The third-order valence-corrected chi connectivity index (χ3v) is 3.04. The van der Waals surface area contributed by atoms with Crippen molar-refractivity contribution in [1.29, 1.82) is 0 Å². The summed E-state index contributed by atoms with van der Waals surface area (Å²) in [4.78, 5) is 14.9. The zero-order valence-corrected chi connectivity index (χ0v) is 12.9. The SMILES string of the molecule is CC(Cc1c[nH]c2cc(O)ccc12)NC(=O)OC(C)(C)C. The van der Waals surface area contributed by atoms with E-state index in [1.807, 2.05) is 40.0 Å². The van der Waals surface area contributed by atoms with Gasteiger partial charge in [-0.2, -0.15) is 0 Å². The number of ether oxygens (including phenoxy) is 1. The van der Waals surface area contributed by atoms with Gasteiger partial charge >= 0.3 is 6.09 Å². The fourth-order valence-electron chi connectivity index (χ4n) is 2.23. The third kappa shape index (κ3) is 4.15. The Bertz CT molecular complexity index is 640. The Kier molecular flexibility index (Phi) is 4.11. The van der Waals surface area contributed by atoms with Gasteiger partial charge in [-0.15, -0.1) is 0 Å². The molecule has 0 bridgehead atoms. The third-order valence-electron chi connectivity index (χ3n) is 3.04. The summed E-state index contributed by atoms with van der Waals surface area (Å²) in [6, 6.07) is 5.17. The summed E-state index contributed by atoms with van der Waals surface area (Å²) < 4.78 is 5.24. The summed E-state index contributed by atoms with van der Waals surface area (Å²) in [7, 11) is 0. The molecule has 0 fully saturated rings. The molecule has 2 aromatic rings. The molecule has 2 rings (SSSR count). The summed E-state index contributed by atoms with van der Waals surface area (Å²) in [6.45, 7) is 7.44. The summed E-state index contributed by atoms with van der Waals surface area (Å²) in [6.07, 6.45) is 2.17. The lowest BCUT2D eigenvalue weighted by Gasteiger charge is -2.21. The summed E-state index contributed by atoms with van der Waals surface area (Å²) in [5, 5.41) is 13.3. The van der Waals surface area contributed by atoms with Crippen LogP contribution in [0.15, 0.2) is 24.4 Å². The van der Waals surface area contributed by atoms with Crippen LogP contribution >= 0.6 is 0 Å². The second-order valence-corrected chi connectivity index (χ2v) is 6.30. The van der Waals surface area contributed by atoms with Gasteiger partial charge < -0.3 is 20.1 Å². The fourth-order valence-corrected chi connectivity index (χ4v) is 2.23. The number of alkyl carbamates (subject to hydrolysis) is 1. The van der Waals surface area contributed by atoms with Crippen molar-refractivity contribution in [1.82, 2.24) is 10.3 Å². The number of fused-ring (bicyclic) bond motifs is 1. The Labute approximate surface area is 124 Å². The molecule has 0 aliphatic carbocycles. The Morgan fingerprint density at radius 1 is 1.43 bits per heavy atom. The van der Waals surface area contributed by atoms with Gasteiger partial charge in [0.1, 0.15) is 11.4 Å². The molecule has 1 heterocycles. The first kappa shape index (κ1) is 15.2. The van der Waals surface area contributed by atoms with E-state index in [1.165, 1.54) is 0 Å². The quantitative estimate of drug-likeness (QED) is 0.811. The molecule has 1 atom stereocenters. The lowest BCUT2D eigenvalue weighted by Crippen LogP contribution is -2.38. The molecule has 1 unspecified atom stereocenters. The van der Waals surface area contributed by atoms with Crippen LogP contribution in [0.25, 0.3) is 10.9 Å². The number of carbonyl (C=O) groups excluding carboxylic acids is 1. The number of phenolic OH excluding ortho intramolecular Hbond substituents is 1. The number of amides is 1. The molecular weight excluding hydrogens is 268 g/mol. The highest BCUT2D eigenvalue weighted by molar-refractivity contribution is 5.84. The van der Waals surface area contributed by atoms with E-state index in [9.17, 15) is 9.90 Å². The fraction of sp³-hybridized carbons (Fsp3) is 0.438. The molecule has 114 valence electrons. The number of aromatic nitrogens is 1. The van der Waals surface area contributed by atoms with Crippen LogP contribution in [0.1, 0.15) is 33.3 Å². The van der Waals surface area contributed by atoms with Gasteiger partial charge in [-0.25, -0.2) is 4.79 Å². The van der Waals surface area contributed by atoms with E-state index >= 15 is 0 Å². The van der Waals surface area contributed by atoms with Crippen LogP contribution in [0.2, 0.25) is 0 Å². The Morgan fingerprint density at radius 2 is 2.14 bits per heavy atom. The molecule has 0 spiro atoms. The van der Waals surface area contributed by atoms with E-state index in [0.717, 1.165) is 16.5 Å². The zero-order valence-electron chi connectivity index (χ0n) is 12.9. The molecule has 1 aromatic heterocycles. The van der Waals surface area contributed by atoms with Crippen molar-refractivity contribution in [3.8, 4) is 5.75 Å². The van der Waals surface area contributed by atoms with Crippen molar-refractivity contribution >= 4 is 17.0 Å². The van der Waals surface area contributed by atoms with Gasteiger partial charge in [-0.1, -0.05) is 0 Å². The molecular formula is C16H22N2O3. The lowest BCUT2D eigenvalue weighted by atomic mass is 10.1. The van der Waals surface area contributed by atoms with E-state index in [4.69, 9.17) is 4.74 Å². The normalized spacial score (nSPS) is 13.1. The van der Waals surface area contributed by atoms with Crippen molar-refractivity contribution in [2.24, 2.45) is 0 Å². The number of benzene rings is 1. The molecule has 0 aliphatic rings. The molecule has 5 nitrogen and oxygen atoms in total. The smallest absolute Gasteiger partial charge is 0.407 e. The van der Waals surface area contributed by atoms with Crippen molar-refractivity contribution < 1.29 is 14.6 Å². The van der Waals surface area contributed by atoms with Crippen molar-refractivity contribution in [3.05, 3.63) is 30.0 Å². The molecule has 5 heteroatoms. The van der Waals surface area contributed by atoms with Crippen LogP contribution in [0.4, 0.5) is 4.79 Å².